The van der Waals surface area contributed by atoms with Crippen LogP contribution in [0, 0.1) is 6.92 Å². The first-order valence-corrected chi connectivity index (χ1v) is 7.31. The van der Waals surface area contributed by atoms with Crippen LogP contribution in [0.15, 0.2) is 36.5 Å². The standard InChI is InChI=1S/C16H20N4O.ClH/c1-12-15(16(21)19-9-7-13(17)8-10-19)11-20(18-12)14-5-3-2-4-6-14;/h2-6,11,13H,7-10,17H2,1H3;1H. The van der Waals surface area contributed by atoms with E-state index in [0.717, 1.165) is 37.3 Å². The van der Waals surface area contributed by atoms with Crippen molar-refractivity contribution in [2.45, 2.75) is 25.8 Å². The van der Waals surface area contributed by atoms with Gasteiger partial charge in [0, 0.05) is 25.3 Å². The SMILES string of the molecule is Cc1nn(-c2ccccc2)cc1C(=O)N1CCC(N)CC1.Cl. The van der Waals surface area contributed by atoms with E-state index in [1.165, 1.54) is 0 Å². The highest BCUT2D eigenvalue weighted by Gasteiger charge is 2.24. The van der Waals surface area contributed by atoms with Crippen LogP contribution >= 0.6 is 12.4 Å². The van der Waals surface area contributed by atoms with Gasteiger partial charge in [0.05, 0.1) is 16.9 Å². The minimum atomic E-state index is 0. The summed E-state index contributed by atoms with van der Waals surface area (Å²) in [5, 5.41) is 4.46. The van der Waals surface area contributed by atoms with Crippen LogP contribution in [-0.4, -0.2) is 39.7 Å². The molecule has 2 N–H and O–H groups in total. The molecule has 1 fully saturated rings. The molecule has 1 aliphatic heterocycles. The Morgan fingerprint density at radius 1 is 1.23 bits per heavy atom. The number of hydrogen-bond donors (Lipinski definition) is 1. The van der Waals surface area contributed by atoms with Crippen molar-refractivity contribution in [1.82, 2.24) is 14.7 Å². The minimum absolute atomic E-state index is 0. The van der Waals surface area contributed by atoms with Gasteiger partial charge in [0.25, 0.3) is 5.91 Å². The Morgan fingerprint density at radius 2 is 1.86 bits per heavy atom. The molecule has 0 bridgehead atoms. The molecular weight excluding hydrogens is 300 g/mol. The number of amides is 1. The number of aryl methyl sites for hydroxylation is 1. The van der Waals surface area contributed by atoms with Crippen LogP contribution in [0.25, 0.3) is 5.69 Å². The van der Waals surface area contributed by atoms with E-state index >= 15 is 0 Å². The van der Waals surface area contributed by atoms with Crippen molar-refractivity contribution in [3.63, 3.8) is 0 Å². The van der Waals surface area contributed by atoms with Crippen molar-refractivity contribution >= 4 is 18.3 Å². The molecule has 1 aromatic heterocycles. The van der Waals surface area contributed by atoms with Gasteiger partial charge in [-0.2, -0.15) is 5.10 Å². The average Bonchev–Trinajstić information content (AvgIpc) is 2.90. The van der Waals surface area contributed by atoms with Gasteiger partial charge in [-0.3, -0.25) is 4.79 Å². The van der Waals surface area contributed by atoms with E-state index in [-0.39, 0.29) is 24.4 Å². The zero-order valence-corrected chi connectivity index (χ0v) is 13.4. The molecule has 0 radical (unpaired) electrons. The Balaban J connectivity index is 0.00000176. The number of nitrogens with zero attached hydrogens (tertiary/aromatic N) is 3. The van der Waals surface area contributed by atoms with Gasteiger partial charge in [-0.1, -0.05) is 18.2 Å². The molecule has 2 heterocycles. The number of halogens is 1. The number of rotatable bonds is 2. The van der Waals surface area contributed by atoms with Crippen LogP contribution in [-0.2, 0) is 0 Å². The van der Waals surface area contributed by atoms with Crippen LogP contribution in [0.3, 0.4) is 0 Å². The normalized spacial score (nSPS) is 15.5. The third-order valence-corrected chi connectivity index (χ3v) is 3.98. The molecule has 0 unspecified atom stereocenters. The maximum atomic E-state index is 12.6. The third-order valence-electron chi connectivity index (χ3n) is 3.98. The number of carbonyl (C=O) groups is 1. The number of hydrogen-bond acceptors (Lipinski definition) is 3. The lowest BCUT2D eigenvalue weighted by atomic mass is 10.1. The largest absolute Gasteiger partial charge is 0.338 e. The van der Waals surface area contributed by atoms with Gasteiger partial charge in [-0.05, 0) is 31.9 Å². The maximum Gasteiger partial charge on any atom is 0.257 e. The van der Waals surface area contributed by atoms with Crippen molar-refractivity contribution in [3.05, 3.63) is 47.8 Å². The van der Waals surface area contributed by atoms with Gasteiger partial charge in [-0.25, -0.2) is 4.68 Å². The Bertz CT molecular complexity index is 633. The number of para-hydroxylation sites is 1. The summed E-state index contributed by atoms with van der Waals surface area (Å²) in [6.07, 6.45) is 3.57. The summed E-state index contributed by atoms with van der Waals surface area (Å²) in [7, 11) is 0. The summed E-state index contributed by atoms with van der Waals surface area (Å²) in [5.74, 6) is 0.0570. The molecule has 1 amide bonds. The fraction of sp³-hybridized carbons (Fsp3) is 0.375. The molecule has 1 saturated heterocycles. The molecule has 22 heavy (non-hydrogen) atoms. The van der Waals surface area contributed by atoms with Gasteiger partial charge in [-0.15, -0.1) is 12.4 Å². The number of nitrogens with two attached hydrogens (primary N) is 1. The summed E-state index contributed by atoms with van der Waals surface area (Å²) in [5.41, 5.74) is 8.29. The highest BCUT2D eigenvalue weighted by molar-refractivity contribution is 5.95. The first kappa shape index (κ1) is 16.5. The fourth-order valence-electron chi connectivity index (χ4n) is 2.66. The number of benzene rings is 1. The summed E-state index contributed by atoms with van der Waals surface area (Å²) in [6.45, 7) is 3.34. The van der Waals surface area contributed by atoms with E-state index in [1.54, 1.807) is 4.68 Å². The highest BCUT2D eigenvalue weighted by Crippen LogP contribution is 2.17. The topological polar surface area (TPSA) is 64.2 Å². The van der Waals surface area contributed by atoms with E-state index in [4.69, 9.17) is 5.73 Å². The molecule has 1 aliphatic rings. The summed E-state index contributed by atoms with van der Waals surface area (Å²) in [6, 6.07) is 10.0. The lowest BCUT2D eigenvalue weighted by molar-refractivity contribution is 0.0714. The van der Waals surface area contributed by atoms with Crippen LogP contribution in [0.5, 0.6) is 0 Å². The fourth-order valence-corrected chi connectivity index (χ4v) is 2.66. The predicted molar refractivity (Wildman–Crippen MR) is 88.7 cm³/mol. The Hall–Kier alpha value is -1.85. The van der Waals surface area contributed by atoms with E-state index in [0.29, 0.717) is 5.56 Å². The third kappa shape index (κ3) is 3.31. The van der Waals surface area contributed by atoms with Crippen molar-refractivity contribution in [3.8, 4) is 5.69 Å². The molecule has 6 heteroatoms. The molecule has 2 aromatic rings. The quantitative estimate of drug-likeness (QED) is 0.922. The second-order valence-electron chi connectivity index (χ2n) is 5.54. The number of likely N-dealkylation sites (tertiary alicyclic amines) is 1. The monoisotopic (exact) mass is 320 g/mol. The van der Waals surface area contributed by atoms with Gasteiger partial charge in [0.2, 0.25) is 0 Å². The van der Waals surface area contributed by atoms with E-state index < -0.39 is 0 Å². The van der Waals surface area contributed by atoms with Crippen molar-refractivity contribution in [1.29, 1.82) is 0 Å². The molecule has 118 valence electrons. The first-order chi connectivity index (χ1) is 10.1. The molecule has 0 aliphatic carbocycles. The van der Waals surface area contributed by atoms with Crippen LogP contribution in [0.1, 0.15) is 28.9 Å². The van der Waals surface area contributed by atoms with Crippen molar-refractivity contribution < 1.29 is 4.79 Å². The Morgan fingerprint density at radius 3 is 2.50 bits per heavy atom. The molecule has 0 saturated carbocycles. The summed E-state index contributed by atoms with van der Waals surface area (Å²) in [4.78, 5) is 14.5. The second-order valence-corrected chi connectivity index (χ2v) is 5.54. The van der Waals surface area contributed by atoms with E-state index in [9.17, 15) is 4.79 Å². The maximum absolute atomic E-state index is 12.6. The van der Waals surface area contributed by atoms with Crippen LogP contribution < -0.4 is 5.73 Å². The molecular formula is C16H21ClN4O. The van der Waals surface area contributed by atoms with Crippen molar-refractivity contribution in [2.24, 2.45) is 5.73 Å². The van der Waals surface area contributed by atoms with Gasteiger partial charge < -0.3 is 10.6 Å². The molecule has 0 atom stereocenters. The van der Waals surface area contributed by atoms with E-state index in [2.05, 4.69) is 5.10 Å². The van der Waals surface area contributed by atoms with Crippen LogP contribution in [0.2, 0.25) is 0 Å². The van der Waals surface area contributed by atoms with Crippen LogP contribution in [0.4, 0.5) is 0 Å². The lowest BCUT2D eigenvalue weighted by Gasteiger charge is -2.30. The summed E-state index contributed by atoms with van der Waals surface area (Å²) >= 11 is 0. The number of aromatic nitrogens is 2. The van der Waals surface area contributed by atoms with Gasteiger partial charge in [0.15, 0.2) is 0 Å². The Labute approximate surface area is 136 Å². The van der Waals surface area contributed by atoms with Gasteiger partial charge in [0.1, 0.15) is 0 Å². The zero-order valence-electron chi connectivity index (χ0n) is 12.6. The minimum Gasteiger partial charge on any atom is -0.338 e. The zero-order chi connectivity index (χ0) is 14.8. The molecule has 1 aromatic carbocycles. The van der Waals surface area contributed by atoms with Crippen molar-refractivity contribution in [2.75, 3.05) is 13.1 Å². The average molecular weight is 321 g/mol. The lowest BCUT2D eigenvalue weighted by Crippen LogP contribution is -2.42. The number of piperidine rings is 1. The Kier molecular flexibility index (Phi) is 5.21. The predicted octanol–water partition coefficient (Wildman–Crippen LogP) is 2.17. The number of carbonyl (C=O) groups excluding carboxylic acids is 1. The van der Waals surface area contributed by atoms with Gasteiger partial charge >= 0.3 is 0 Å². The highest BCUT2D eigenvalue weighted by atomic mass is 35.5. The van der Waals surface area contributed by atoms with E-state index in [1.807, 2.05) is 48.4 Å². The summed E-state index contributed by atoms with van der Waals surface area (Å²) < 4.78 is 1.76. The molecule has 3 rings (SSSR count). The molecule has 0 spiro atoms. The second kappa shape index (κ2) is 6.94. The first-order valence-electron chi connectivity index (χ1n) is 7.31. The molecule has 5 nitrogen and oxygen atoms in total. The smallest absolute Gasteiger partial charge is 0.257 e.